The van der Waals surface area contributed by atoms with Crippen molar-refractivity contribution in [1.29, 1.82) is 0 Å². The third-order valence-electron chi connectivity index (χ3n) is 2.94. The molecule has 0 radical (unpaired) electrons. The van der Waals surface area contributed by atoms with E-state index in [1.165, 1.54) is 23.3 Å². The Labute approximate surface area is 115 Å². The largest absolute Gasteiger partial charge is 0.309 e. The molecular weight excluding hydrogens is 293 g/mol. The molecule has 0 saturated carbocycles. The van der Waals surface area contributed by atoms with Crippen LogP contribution in [0.15, 0.2) is 46.9 Å². The Bertz CT molecular complexity index is 554. The summed E-state index contributed by atoms with van der Waals surface area (Å²) < 4.78 is 13.9. The van der Waals surface area contributed by atoms with E-state index in [1.807, 2.05) is 19.2 Å². The average Bonchev–Trinajstić information content (AvgIpc) is 2.33. The molecule has 18 heavy (non-hydrogen) atoms. The highest BCUT2D eigenvalue weighted by molar-refractivity contribution is 9.10. The van der Waals surface area contributed by atoms with Gasteiger partial charge in [0.2, 0.25) is 0 Å². The zero-order chi connectivity index (χ0) is 13.1. The molecule has 0 spiro atoms. The number of benzene rings is 2. The lowest BCUT2D eigenvalue weighted by Crippen LogP contribution is -2.18. The minimum atomic E-state index is -0.232. The molecule has 2 aromatic rings. The molecule has 1 nitrogen and oxygen atoms in total. The summed E-state index contributed by atoms with van der Waals surface area (Å²) in [5, 5.41) is 3.27. The molecule has 2 aromatic carbocycles. The third kappa shape index (κ3) is 2.79. The Balaban J connectivity index is 2.45. The Morgan fingerprint density at radius 1 is 1.17 bits per heavy atom. The van der Waals surface area contributed by atoms with Gasteiger partial charge in [-0.25, -0.2) is 4.39 Å². The lowest BCUT2D eigenvalue weighted by atomic mass is 9.97. The summed E-state index contributed by atoms with van der Waals surface area (Å²) in [5.41, 5.74) is 3.42. The quantitative estimate of drug-likeness (QED) is 0.896. The van der Waals surface area contributed by atoms with Gasteiger partial charge in [-0.05, 0) is 37.2 Å². The van der Waals surface area contributed by atoms with Crippen LogP contribution >= 0.6 is 15.9 Å². The zero-order valence-corrected chi connectivity index (χ0v) is 12.0. The van der Waals surface area contributed by atoms with Crippen LogP contribution in [0.2, 0.25) is 0 Å². The van der Waals surface area contributed by atoms with Gasteiger partial charge in [-0.3, -0.25) is 0 Å². The molecule has 0 aliphatic rings. The molecule has 1 atom stereocenters. The van der Waals surface area contributed by atoms with Crippen molar-refractivity contribution in [2.45, 2.75) is 13.0 Å². The van der Waals surface area contributed by atoms with Crippen LogP contribution < -0.4 is 5.32 Å². The fourth-order valence-corrected chi connectivity index (χ4v) is 2.67. The van der Waals surface area contributed by atoms with E-state index < -0.39 is 0 Å². The van der Waals surface area contributed by atoms with Gasteiger partial charge in [-0.1, -0.05) is 51.8 Å². The predicted octanol–water partition coefficient (Wildman–Crippen LogP) is 4.21. The van der Waals surface area contributed by atoms with Gasteiger partial charge in [0.25, 0.3) is 0 Å². The smallest absolute Gasteiger partial charge is 0.124 e. The van der Waals surface area contributed by atoms with Crippen molar-refractivity contribution in [3.63, 3.8) is 0 Å². The third-order valence-corrected chi connectivity index (χ3v) is 3.62. The van der Waals surface area contributed by atoms with E-state index >= 15 is 0 Å². The van der Waals surface area contributed by atoms with Crippen LogP contribution in [0.4, 0.5) is 4.39 Å². The molecule has 0 aliphatic carbocycles. The van der Waals surface area contributed by atoms with Gasteiger partial charge in [0, 0.05) is 4.47 Å². The van der Waals surface area contributed by atoms with Crippen LogP contribution in [-0.2, 0) is 0 Å². The summed E-state index contributed by atoms with van der Waals surface area (Å²) in [6.07, 6.45) is 0. The van der Waals surface area contributed by atoms with E-state index in [0.29, 0.717) is 0 Å². The minimum absolute atomic E-state index is 0.0554. The molecule has 0 amide bonds. The molecule has 0 aliphatic heterocycles. The number of hydrogen-bond acceptors (Lipinski definition) is 1. The summed E-state index contributed by atoms with van der Waals surface area (Å²) in [6, 6.07) is 13.2. The summed E-state index contributed by atoms with van der Waals surface area (Å²) >= 11 is 3.42. The fraction of sp³-hybridized carbons (Fsp3) is 0.200. The number of hydrogen-bond donors (Lipinski definition) is 1. The number of nitrogens with one attached hydrogen (secondary N) is 1. The lowest BCUT2D eigenvalue weighted by Gasteiger charge is -2.19. The molecule has 0 bridgehead atoms. The molecule has 3 heteroatoms. The Hall–Kier alpha value is -1.19. The lowest BCUT2D eigenvalue weighted by molar-refractivity contribution is 0.621. The van der Waals surface area contributed by atoms with E-state index in [-0.39, 0.29) is 11.9 Å². The maximum absolute atomic E-state index is 13.1. The topological polar surface area (TPSA) is 12.0 Å². The van der Waals surface area contributed by atoms with Crippen molar-refractivity contribution in [2.24, 2.45) is 0 Å². The first kappa shape index (κ1) is 13.2. The van der Waals surface area contributed by atoms with Crippen molar-refractivity contribution in [3.05, 3.63) is 69.4 Å². The van der Waals surface area contributed by atoms with Crippen molar-refractivity contribution < 1.29 is 4.39 Å². The monoisotopic (exact) mass is 307 g/mol. The van der Waals surface area contributed by atoms with Crippen molar-refractivity contribution in [2.75, 3.05) is 7.05 Å². The Morgan fingerprint density at radius 2 is 1.94 bits per heavy atom. The van der Waals surface area contributed by atoms with E-state index in [4.69, 9.17) is 0 Å². The molecule has 1 unspecified atom stereocenters. The van der Waals surface area contributed by atoms with Crippen LogP contribution in [0.5, 0.6) is 0 Å². The zero-order valence-electron chi connectivity index (χ0n) is 10.4. The van der Waals surface area contributed by atoms with Crippen molar-refractivity contribution >= 4 is 15.9 Å². The van der Waals surface area contributed by atoms with Crippen LogP contribution in [-0.4, -0.2) is 7.05 Å². The van der Waals surface area contributed by atoms with Gasteiger partial charge in [-0.2, -0.15) is 0 Å². The van der Waals surface area contributed by atoms with Crippen LogP contribution in [0, 0.1) is 12.7 Å². The number of aryl methyl sites for hydroxylation is 1. The standard InChI is InChI=1S/C15H15BrFN/c1-10-4-3-5-11(8-10)15(18-2)13-7-6-12(17)9-14(13)16/h3-9,15,18H,1-2H3. The van der Waals surface area contributed by atoms with Gasteiger partial charge in [0.1, 0.15) is 5.82 Å². The highest BCUT2D eigenvalue weighted by atomic mass is 79.9. The van der Waals surface area contributed by atoms with E-state index in [9.17, 15) is 4.39 Å². The highest BCUT2D eigenvalue weighted by Crippen LogP contribution is 2.29. The van der Waals surface area contributed by atoms with Gasteiger partial charge >= 0.3 is 0 Å². The maximum atomic E-state index is 13.1. The summed E-state index contributed by atoms with van der Waals surface area (Å²) in [7, 11) is 1.91. The molecule has 0 saturated heterocycles. The summed E-state index contributed by atoms with van der Waals surface area (Å²) in [4.78, 5) is 0. The Kier molecular flexibility index (Phi) is 4.15. The van der Waals surface area contributed by atoms with Gasteiger partial charge < -0.3 is 5.32 Å². The molecule has 2 rings (SSSR count). The summed E-state index contributed by atoms with van der Waals surface area (Å²) in [6.45, 7) is 2.07. The molecule has 1 N–H and O–H groups in total. The minimum Gasteiger partial charge on any atom is -0.309 e. The van der Waals surface area contributed by atoms with Gasteiger partial charge in [0.15, 0.2) is 0 Å². The normalized spacial score (nSPS) is 12.4. The molecule has 0 aromatic heterocycles. The fourth-order valence-electron chi connectivity index (χ4n) is 2.09. The maximum Gasteiger partial charge on any atom is 0.124 e. The molecule has 0 fully saturated rings. The van der Waals surface area contributed by atoms with E-state index in [2.05, 4.69) is 46.4 Å². The second kappa shape index (κ2) is 5.63. The first-order chi connectivity index (χ1) is 8.61. The summed E-state index contributed by atoms with van der Waals surface area (Å²) in [5.74, 6) is -0.232. The predicted molar refractivity (Wildman–Crippen MR) is 76.2 cm³/mol. The van der Waals surface area contributed by atoms with E-state index in [1.54, 1.807) is 0 Å². The second-order valence-corrected chi connectivity index (χ2v) is 5.16. The van der Waals surface area contributed by atoms with Crippen LogP contribution in [0.25, 0.3) is 0 Å². The van der Waals surface area contributed by atoms with Gasteiger partial charge in [0.05, 0.1) is 6.04 Å². The molecular formula is C15H15BrFN. The van der Waals surface area contributed by atoms with Crippen LogP contribution in [0.3, 0.4) is 0 Å². The van der Waals surface area contributed by atoms with Crippen molar-refractivity contribution in [3.8, 4) is 0 Å². The number of rotatable bonds is 3. The molecule has 94 valence electrons. The van der Waals surface area contributed by atoms with E-state index in [0.717, 1.165) is 10.0 Å². The van der Waals surface area contributed by atoms with Gasteiger partial charge in [-0.15, -0.1) is 0 Å². The highest BCUT2D eigenvalue weighted by Gasteiger charge is 2.15. The van der Waals surface area contributed by atoms with Crippen LogP contribution in [0.1, 0.15) is 22.7 Å². The molecule has 0 heterocycles. The average molecular weight is 308 g/mol. The van der Waals surface area contributed by atoms with Crippen molar-refractivity contribution in [1.82, 2.24) is 5.32 Å². The number of halogens is 2. The second-order valence-electron chi connectivity index (χ2n) is 4.30. The first-order valence-electron chi connectivity index (χ1n) is 5.80. The first-order valence-corrected chi connectivity index (χ1v) is 6.60. The SMILES string of the molecule is CNC(c1cccc(C)c1)c1ccc(F)cc1Br. The Morgan fingerprint density at radius 3 is 2.56 bits per heavy atom.